The zero-order chi connectivity index (χ0) is 13.6. The fraction of sp³-hybridized carbons (Fsp3) is 1.00. The number of hydrogen-bond donors (Lipinski definition) is 0. The van der Waals surface area contributed by atoms with Crippen LogP contribution in [-0.2, 0) is 18.9 Å². The van der Waals surface area contributed by atoms with Crippen molar-refractivity contribution < 1.29 is 18.9 Å². The Morgan fingerprint density at radius 2 is 1.50 bits per heavy atom. The number of alkyl halides is 1. The second-order valence-corrected chi connectivity index (χ2v) is 5.24. The number of hydrogen-bond acceptors (Lipinski definition) is 4. The van der Waals surface area contributed by atoms with Crippen molar-refractivity contribution in [3.05, 3.63) is 0 Å². The van der Waals surface area contributed by atoms with Gasteiger partial charge in [0.05, 0.1) is 37.4 Å². The third-order valence-electron chi connectivity index (χ3n) is 2.28. The van der Waals surface area contributed by atoms with Crippen molar-refractivity contribution >= 4 is 15.9 Å². The molecular weight excluding hydrogens is 300 g/mol. The fourth-order valence-corrected chi connectivity index (χ4v) is 1.82. The lowest BCUT2D eigenvalue weighted by molar-refractivity contribution is -0.0415. The van der Waals surface area contributed by atoms with Crippen LogP contribution in [0.1, 0.15) is 26.7 Å². The molecule has 0 aromatic carbocycles. The van der Waals surface area contributed by atoms with E-state index in [2.05, 4.69) is 29.8 Å². The standard InChI is InChI=1S/C13H27BrO4/c1-4-6-16-10-12(14)13(11-17-7-5-2)18-9-8-15-3/h12-13H,4-11H2,1-3H3. The second-order valence-electron chi connectivity index (χ2n) is 4.07. The van der Waals surface area contributed by atoms with Gasteiger partial charge in [0.2, 0.25) is 0 Å². The Bertz CT molecular complexity index is 159. The number of methoxy groups -OCH3 is 1. The van der Waals surface area contributed by atoms with Crippen LogP contribution >= 0.6 is 15.9 Å². The average molecular weight is 327 g/mol. The van der Waals surface area contributed by atoms with Gasteiger partial charge >= 0.3 is 0 Å². The van der Waals surface area contributed by atoms with Gasteiger partial charge in [0.15, 0.2) is 0 Å². The molecule has 0 saturated heterocycles. The van der Waals surface area contributed by atoms with Crippen molar-refractivity contribution in [1.82, 2.24) is 0 Å². The highest BCUT2D eigenvalue weighted by molar-refractivity contribution is 9.09. The minimum atomic E-state index is 0.00329. The molecule has 0 aliphatic heterocycles. The molecule has 2 unspecified atom stereocenters. The van der Waals surface area contributed by atoms with Crippen LogP contribution in [0, 0.1) is 0 Å². The summed E-state index contributed by atoms with van der Waals surface area (Å²) in [6.07, 6.45) is 2.05. The van der Waals surface area contributed by atoms with Crippen molar-refractivity contribution in [3.8, 4) is 0 Å². The van der Waals surface area contributed by atoms with Crippen LogP contribution in [-0.4, -0.2) is 57.7 Å². The largest absolute Gasteiger partial charge is 0.382 e. The topological polar surface area (TPSA) is 36.9 Å². The monoisotopic (exact) mass is 326 g/mol. The van der Waals surface area contributed by atoms with E-state index >= 15 is 0 Å². The van der Waals surface area contributed by atoms with Gasteiger partial charge in [-0.1, -0.05) is 29.8 Å². The van der Waals surface area contributed by atoms with Crippen molar-refractivity contribution in [2.75, 3.05) is 46.8 Å². The summed E-state index contributed by atoms with van der Waals surface area (Å²) < 4.78 is 21.8. The first-order valence-electron chi connectivity index (χ1n) is 6.66. The van der Waals surface area contributed by atoms with Crippen LogP contribution in [0.25, 0.3) is 0 Å². The third kappa shape index (κ3) is 10.3. The van der Waals surface area contributed by atoms with Gasteiger partial charge < -0.3 is 18.9 Å². The van der Waals surface area contributed by atoms with E-state index in [-0.39, 0.29) is 10.9 Å². The molecular formula is C13H27BrO4. The molecule has 2 atom stereocenters. The molecule has 0 spiro atoms. The van der Waals surface area contributed by atoms with Gasteiger partial charge in [-0.05, 0) is 12.8 Å². The van der Waals surface area contributed by atoms with Crippen molar-refractivity contribution in [2.45, 2.75) is 37.6 Å². The Kier molecular flexibility index (Phi) is 14.0. The lowest BCUT2D eigenvalue weighted by Crippen LogP contribution is -2.34. The van der Waals surface area contributed by atoms with Crippen molar-refractivity contribution in [1.29, 1.82) is 0 Å². The Labute approximate surface area is 119 Å². The summed E-state index contributed by atoms with van der Waals surface area (Å²) in [5.41, 5.74) is 0. The minimum Gasteiger partial charge on any atom is -0.382 e. The van der Waals surface area contributed by atoms with E-state index in [1.54, 1.807) is 7.11 Å². The summed E-state index contributed by atoms with van der Waals surface area (Å²) in [6.45, 7) is 8.13. The Hall–Kier alpha value is 0.320. The maximum atomic E-state index is 5.74. The highest BCUT2D eigenvalue weighted by atomic mass is 79.9. The second kappa shape index (κ2) is 13.7. The molecule has 0 aliphatic rings. The number of halogens is 1. The summed E-state index contributed by atoms with van der Waals surface area (Å²) in [4.78, 5) is 0.151. The molecule has 0 heterocycles. The van der Waals surface area contributed by atoms with Gasteiger partial charge in [0.25, 0.3) is 0 Å². The molecule has 0 bridgehead atoms. The SMILES string of the molecule is CCCOCC(Br)C(COCCC)OCCOC. The van der Waals surface area contributed by atoms with E-state index in [1.165, 1.54) is 0 Å². The van der Waals surface area contributed by atoms with Crippen LogP contribution in [0.5, 0.6) is 0 Å². The molecule has 0 aliphatic carbocycles. The van der Waals surface area contributed by atoms with Gasteiger partial charge in [0.1, 0.15) is 0 Å². The predicted octanol–water partition coefficient (Wildman–Crippen LogP) is 2.63. The number of rotatable bonds is 13. The molecule has 0 rings (SSSR count). The molecule has 4 nitrogen and oxygen atoms in total. The molecule has 0 aromatic heterocycles. The summed E-state index contributed by atoms with van der Waals surface area (Å²) >= 11 is 3.61. The van der Waals surface area contributed by atoms with Crippen LogP contribution in [0.3, 0.4) is 0 Å². The highest BCUT2D eigenvalue weighted by Crippen LogP contribution is 2.12. The quantitative estimate of drug-likeness (QED) is 0.385. The zero-order valence-corrected chi connectivity index (χ0v) is 13.4. The van der Waals surface area contributed by atoms with Gasteiger partial charge in [-0.15, -0.1) is 0 Å². The molecule has 0 N–H and O–H groups in total. The first-order valence-corrected chi connectivity index (χ1v) is 7.57. The van der Waals surface area contributed by atoms with Gasteiger partial charge in [-0.25, -0.2) is 0 Å². The van der Waals surface area contributed by atoms with Gasteiger partial charge in [-0.2, -0.15) is 0 Å². The van der Waals surface area contributed by atoms with Crippen molar-refractivity contribution in [2.24, 2.45) is 0 Å². The maximum absolute atomic E-state index is 5.74. The molecule has 5 heteroatoms. The smallest absolute Gasteiger partial charge is 0.0956 e. The summed E-state index contributed by atoms with van der Waals surface area (Å²) in [7, 11) is 1.67. The third-order valence-corrected chi connectivity index (χ3v) is 3.13. The summed E-state index contributed by atoms with van der Waals surface area (Å²) in [5.74, 6) is 0. The number of ether oxygens (including phenoxy) is 4. The molecule has 0 aromatic rings. The molecule has 0 radical (unpaired) electrons. The average Bonchev–Trinajstić information content (AvgIpc) is 2.37. The Morgan fingerprint density at radius 1 is 0.889 bits per heavy atom. The minimum absolute atomic E-state index is 0.00329. The van der Waals surface area contributed by atoms with E-state index in [0.717, 1.165) is 26.1 Å². The van der Waals surface area contributed by atoms with E-state index in [0.29, 0.717) is 26.4 Å². The van der Waals surface area contributed by atoms with E-state index in [9.17, 15) is 0 Å². The predicted molar refractivity (Wildman–Crippen MR) is 76.6 cm³/mol. The maximum Gasteiger partial charge on any atom is 0.0956 e. The summed E-state index contributed by atoms with van der Waals surface area (Å²) in [6, 6.07) is 0. The molecule has 0 fully saturated rings. The van der Waals surface area contributed by atoms with Crippen LogP contribution < -0.4 is 0 Å². The molecule has 0 amide bonds. The first kappa shape index (κ1) is 18.3. The lowest BCUT2D eigenvalue weighted by Gasteiger charge is -2.23. The Balaban J connectivity index is 3.90. The van der Waals surface area contributed by atoms with Crippen LogP contribution in [0.15, 0.2) is 0 Å². The van der Waals surface area contributed by atoms with Gasteiger partial charge in [0, 0.05) is 20.3 Å². The summed E-state index contributed by atoms with van der Waals surface area (Å²) in [5, 5.41) is 0. The van der Waals surface area contributed by atoms with Crippen LogP contribution in [0.2, 0.25) is 0 Å². The lowest BCUT2D eigenvalue weighted by atomic mass is 10.3. The zero-order valence-electron chi connectivity index (χ0n) is 11.8. The normalized spacial score (nSPS) is 14.7. The molecule has 110 valence electrons. The van der Waals surface area contributed by atoms with E-state index < -0.39 is 0 Å². The van der Waals surface area contributed by atoms with Crippen LogP contribution in [0.4, 0.5) is 0 Å². The molecule has 18 heavy (non-hydrogen) atoms. The van der Waals surface area contributed by atoms with E-state index in [1.807, 2.05) is 0 Å². The van der Waals surface area contributed by atoms with Gasteiger partial charge in [-0.3, -0.25) is 0 Å². The van der Waals surface area contributed by atoms with E-state index in [4.69, 9.17) is 18.9 Å². The first-order chi connectivity index (χ1) is 8.76. The molecule has 0 saturated carbocycles. The fourth-order valence-electron chi connectivity index (χ4n) is 1.33. The Morgan fingerprint density at radius 3 is 2.06 bits per heavy atom. The van der Waals surface area contributed by atoms with Crippen molar-refractivity contribution in [3.63, 3.8) is 0 Å². The highest BCUT2D eigenvalue weighted by Gasteiger charge is 2.20.